The lowest BCUT2D eigenvalue weighted by Gasteiger charge is -2.09. The van der Waals surface area contributed by atoms with Crippen LogP contribution < -0.4 is 11.1 Å². The van der Waals surface area contributed by atoms with Gasteiger partial charge in [-0.25, -0.2) is 8.42 Å². The molecule has 0 heterocycles. The number of amides is 1. The number of carbonyl (C=O) groups is 1. The lowest BCUT2D eigenvalue weighted by Crippen LogP contribution is -2.18. The highest BCUT2D eigenvalue weighted by Crippen LogP contribution is 2.18. The van der Waals surface area contributed by atoms with Crippen molar-refractivity contribution in [2.24, 2.45) is 0 Å². The van der Waals surface area contributed by atoms with Crippen molar-refractivity contribution in [3.05, 3.63) is 23.8 Å². The number of carbonyl (C=O) groups excluding carboxylic acids is 1. The first kappa shape index (κ1) is 17.6. The average Bonchev–Trinajstić information content (AvgIpc) is 2.37. The fourth-order valence-electron chi connectivity index (χ4n) is 1.54. The van der Waals surface area contributed by atoms with Gasteiger partial charge < -0.3 is 11.1 Å². The van der Waals surface area contributed by atoms with Gasteiger partial charge in [0, 0.05) is 46.4 Å². The maximum absolute atomic E-state index is 11.8. The maximum atomic E-state index is 11.8. The fourth-order valence-corrected chi connectivity index (χ4v) is 4.11. The van der Waals surface area contributed by atoms with Gasteiger partial charge >= 0.3 is 0 Å². The first-order valence-corrected chi connectivity index (χ1v) is 9.91. The zero-order valence-electron chi connectivity index (χ0n) is 12.1. The molecule has 3 N–H and O–H groups in total. The third-order valence-corrected chi connectivity index (χ3v) is 5.30. The molecule has 0 radical (unpaired) electrons. The monoisotopic (exact) mass is 332 g/mol. The molecule has 0 saturated carbocycles. The van der Waals surface area contributed by atoms with E-state index in [0.717, 1.165) is 11.8 Å². The normalized spacial score (nSPS) is 12.9. The molecule has 1 atom stereocenters. The quantitative estimate of drug-likeness (QED) is 0.715. The highest BCUT2D eigenvalue weighted by Gasteiger charge is 2.10. The van der Waals surface area contributed by atoms with Gasteiger partial charge in [0.1, 0.15) is 9.84 Å². The van der Waals surface area contributed by atoms with E-state index in [1.165, 1.54) is 0 Å². The third kappa shape index (κ3) is 7.24. The molecule has 6 nitrogen and oxygen atoms in total. The van der Waals surface area contributed by atoms with Gasteiger partial charge in [-0.05, 0) is 24.6 Å². The molecule has 0 aliphatic rings. The molecular weight excluding hydrogens is 312 g/mol. The average molecular weight is 332 g/mol. The minimum atomic E-state index is -3.12. The van der Waals surface area contributed by atoms with Crippen LogP contribution in [0.2, 0.25) is 0 Å². The molecule has 1 amide bonds. The summed E-state index contributed by atoms with van der Waals surface area (Å²) in [7, 11) is -4.44. The number of nitrogen functional groups attached to an aromatic ring is 1. The first-order valence-electron chi connectivity index (χ1n) is 6.36. The minimum absolute atomic E-state index is 0.0590. The summed E-state index contributed by atoms with van der Waals surface area (Å²) in [5.41, 5.74) is 7.71. The molecule has 0 aromatic heterocycles. The van der Waals surface area contributed by atoms with Crippen LogP contribution in [0, 0.1) is 6.92 Å². The Morgan fingerprint density at radius 1 is 1.33 bits per heavy atom. The second-order valence-corrected chi connectivity index (χ2v) is 8.81. The number of rotatable bonds is 7. The topological polar surface area (TPSA) is 106 Å². The van der Waals surface area contributed by atoms with Gasteiger partial charge in [-0.2, -0.15) is 0 Å². The lowest BCUT2D eigenvalue weighted by molar-refractivity contribution is -0.115. The van der Waals surface area contributed by atoms with E-state index in [9.17, 15) is 17.4 Å². The molecule has 1 unspecified atom stereocenters. The molecule has 21 heavy (non-hydrogen) atoms. The molecule has 0 aliphatic heterocycles. The van der Waals surface area contributed by atoms with Crippen molar-refractivity contribution in [2.75, 3.05) is 34.6 Å². The Morgan fingerprint density at radius 2 is 2.00 bits per heavy atom. The van der Waals surface area contributed by atoms with Crippen LogP contribution in [0.25, 0.3) is 0 Å². The number of benzene rings is 1. The van der Waals surface area contributed by atoms with Crippen molar-refractivity contribution in [3.63, 3.8) is 0 Å². The number of sulfone groups is 1. The van der Waals surface area contributed by atoms with Gasteiger partial charge in [0.15, 0.2) is 0 Å². The number of nitrogens with two attached hydrogens (primary N) is 1. The van der Waals surface area contributed by atoms with Crippen molar-refractivity contribution < 1.29 is 17.4 Å². The van der Waals surface area contributed by atoms with E-state index in [2.05, 4.69) is 5.32 Å². The standard InChI is InChI=1S/C13H20N2O4S2/c1-10-3-4-11(14)9-12(10)15-13(16)5-6-20(17)7-8-21(2,18)19/h3-4,9H,5-8,14H2,1-2H3,(H,15,16). The molecule has 1 aromatic rings. The number of nitrogens with one attached hydrogen (secondary N) is 1. The van der Waals surface area contributed by atoms with Gasteiger partial charge in [-0.1, -0.05) is 6.07 Å². The lowest BCUT2D eigenvalue weighted by atomic mass is 10.2. The molecule has 0 saturated heterocycles. The Hall–Kier alpha value is -1.41. The van der Waals surface area contributed by atoms with E-state index in [0.29, 0.717) is 11.4 Å². The van der Waals surface area contributed by atoms with Crippen molar-refractivity contribution >= 4 is 37.9 Å². The zero-order chi connectivity index (χ0) is 16.0. The highest BCUT2D eigenvalue weighted by molar-refractivity contribution is 7.92. The molecule has 1 rings (SSSR count). The Balaban J connectivity index is 2.44. The van der Waals surface area contributed by atoms with Crippen LogP contribution in [0.1, 0.15) is 12.0 Å². The Morgan fingerprint density at radius 3 is 2.62 bits per heavy atom. The Labute approximate surface area is 127 Å². The minimum Gasteiger partial charge on any atom is -0.399 e. The maximum Gasteiger partial charge on any atom is 0.225 e. The van der Waals surface area contributed by atoms with Gasteiger partial charge in [-0.15, -0.1) is 0 Å². The third-order valence-electron chi connectivity index (χ3n) is 2.77. The summed E-state index contributed by atoms with van der Waals surface area (Å²) in [5.74, 6) is -0.196. The highest BCUT2D eigenvalue weighted by atomic mass is 32.2. The zero-order valence-corrected chi connectivity index (χ0v) is 13.7. The number of aryl methyl sites for hydroxylation is 1. The fraction of sp³-hybridized carbons (Fsp3) is 0.462. The summed E-state index contributed by atoms with van der Waals surface area (Å²) < 4.78 is 33.5. The van der Waals surface area contributed by atoms with Crippen LogP contribution in [-0.2, 0) is 25.4 Å². The van der Waals surface area contributed by atoms with Crippen LogP contribution in [0.4, 0.5) is 11.4 Å². The van der Waals surface area contributed by atoms with E-state index in [4.69, 9.17) is 5.73 Å². The predicted octanol–water partition coefficient (Wildman–Crippen LogP) is 0.699. The first-order chi connectivity index (χ1) is 9.67. The number of anilines is 2. The Bertz CT molecular complexity index is 642. The smallest absolute Gasteiger partial charge is 0.225 e. The van der Waals surface area contributed by atoms with Crippen molar-refractivity contribution in [2.45, 2.75) is 13.3 Å². The van der Waals surface area contributed by atoms with Gasteiger partial charge in [-0.3, -0.25) is 9.00 Å². The van der Waals surface area contributed by atoms with Crippen LogP contribution in [0.3, 0.4) is 0 Å². The molecule has 118 valence electrons. The summed E-state index contributed by atoms with van der Waals surface area (Å²) in [4.78, 5) is 11.8. The molecule has 0 aliphatic carbocycles. The second kappa shape index (κ2) is 7.56. The van der Waals surface area contributed by atoms with E-state index < -0.39 is 20.6 Å². The summed E-state index contributed by atoms with van der Waals surface area (Å²) in [6.07, 6.45) is 1.17. The largest absolute Gasteiger partial charge is 0.399 e. The van der Waals surface area contributed by atoms with Gasteiger partial charge in [0.25, 0.3) is 0 Å². The van der Waals surface area contributed by atoms with E-state index >= 15 is 0 Å². The predicted molar refractivity (Wildman–Crippen MR) is 86.4 cm³/mol. The molecular formula is C13H20N2O4S2. The van der Waals surface area contributed by atoms with Crippen LogP contribution in [-0.4, -0.2) is 42.0 Å². The Kier molecular flexibility index (Phi) is 6.35. The van der Waals surface area contributed by atoms with E-state index in [1.807, 2.05) is 6.92 Å². The van der Waals surface area contributed by atoms with Gasteiger partial charge in [0.05, 0.1) is 5.75 Å². The van der Waals surface area contributed by atoms with Crippen LogP contribution in [0.15, 0.2) is 18.2 Å². The van der Waals surface area contributed by atoms with E-state index in [1.54, 1.807) is 18.2 Å². The number of hydrogen-bond donors (Lipinski definition) is 2. The van der Waals surface area contributed by atoms with Crippen molar-refractivity contribution in [1.82, 2.24) is 0 Å². The molecule has 0 bridgehead atoms. The summed E-state index contributed by atoms with van der Waals surface area (Å²) >= 11 is 0. The SMILES string of the molecule is Cc1ccc(N)cc1NC(=O)CCS(=O)CCS(C)(=O)=O. The van der Waals surface area contributed by atoms with Crippen molar-refractivity contribution in [3.8, 4) is 0 Å². The molecule has 1 aromatic carbocycles. The second-order valence-electron chi connectivity index (χ2n) is 4.85. The molecule has 0 fully saturated rings. The number of hydrogen-bond acceptors (Lipinski definition) is 5. The summed E-state index contributed by atoms with van der Waals surface area (Å²) in [6, 6.07) is 5.20. The van der Waals surface area contributed by atoms with Crippen LogP contribution >= 0.6 is 0 Å². The van der Waals surface area contributed by atoms with Crippen LogP contribution in [0.5, 0.6) is 0 Å². The van der Waals surface area contributed by atoms with Gasteiger partial charge in [0.2, 0.25) is 5.91 Å². The summed E-state index contributed by atoms with van der Waals surface area (Å²) in [5, 5.41) is 2.71. The van der Waals surface area contributed by atoms with Crippen molar-refractivity contribution in [1.29, 1.82) is 0 Å². The molecule has 8 heteroatoms. The molecule has 0 spiro atoms. The summed E-state index contributed by atoms with van der Waals surface area (Å²) in [6.45, 7) is 1.85. The van der Waals surface area contributed by atoms with E-state index in [-0.39, 0.29) is 29.6 Å².